The highest BCUT2D eigenvalue weighted by Gasteiger charge is 2.23. The van der Waals surface area contributed by atoms with E-state index in [2.05, 4.69) is 65.8 Å². The number of rotatable bonds is 10. The van der Waals surface area contributed by atoms with E-state index in [1.54, 1.807) is 0 Å². The highest BCUT2D eigenvalue weighted by Crippen LogP contribution is 2.22. The molecule has 4 rings (SSSR count). The Morgan fingerprint density at radius 3 is 2.60 bits per heavy atom. The van der Waals surface area contributed by atoms with Crippen molar-refractivity contribution in [2.24, 2.45) is 0 Å². The number of likely N-dealkylation sites (N-methyl/N-ethyl adjacent to an activating group) is 1. The zero-order valence-corrected chi connectivity index (χ0v) is 22.0. The minimum atomic E-state index is 0.0920. The number of carbonyl (C=O) groups is 1. The lowest BCUT2D eigenvalue weighted by molar-refractivity contribution is -0.116. The number of aromatic nitrogens is 3. The van der Waals surface area contributed by atoms with Crippen molar-refractivity contribution in [3.8, 4) is 0 Å². The number of likely N-dealkylation sites (tertiary alicyclic amines) is 1. The summed E-state index contributed by atoms with van der Waals surface area (Å²) in [6.45, 7) is 10.4. The van der Waals surface area contributed by atoms with Crippen LogP contribution in [0, 0.1) is 13.8 Å². The summed E-state index contributed by atoms with van der Waals surface area (Å²) >= 11 is 0. The molecule has 188 valence electrons. The van der Waals surface area contributed by atoms with Gasteiger partial charge < -0.3 is 19.7 Å². The topological polar surface area (TPSA) is 66.3 Å². The number of fused-ring (bicyclic) bond motifs is 1. The molecule has 1 unspecified atom stereocenters. The third kappa shape index (κ3) is 6.27. The van der Waals surface area contributed by atoms with Gasteiger partial charge >= 0.3 is 0 Å². The molecule has 3 heterocycles. The Hall–Kier alpha value is -2.77. The van der Waals surface area contributed by atoms with Crippen LogP contribution in [0.25, 0.3) is 11.2 Å². The van der Waals surface area contributed by atoms with Crippen molar-refractivity contribution in [3.63, 3.8) is 0 Å². The second kappa shape index (κ2) is 11.3. The summed E-state index contributed by atoms with van der Waals surface area (Å²) < 4.78 is 2.21. The summed E-state index contributed by atoms with van der Waals surface area (Å²) in [6.07, 6.45) is 4.66. The Balaban J connectivity index is 1.28. The van der Waals surface area contributed by atoms with Gasteiger partial charge in [0, 0.05) is 36.8 Å². The monoisotopic (exact) mass is 476 g/mol. The second-order valence-corrected chi connectivity index (χ2v) is 10.1. The third-order valence-electron chi connectivity index (χ3n) is 7.10. The van der Waals surface area contributed by atoms with Crippen molar-refractivity contribution in [1.82, 2.24) is 24.3 Å². The molecule has 7 nitrogen and oxygen atoms in total. The van der Waals surface area contributed by atoms with Gasteiger partial charge in [-0.25, -0.2) is 9.97 Å². The minimum absolute atomic E-state index is 0.0920. The molecule has 0 bridgehead atoms. The number of unbranched alkanes of at least 4 members (excludes halogenated alkanes) is 1. The molecule has 35 heavy (non-hydrogen) atoms. The normalized spacial score (nSPS) is 16.5. The zero-order chi connectivity index (χ0) is 24.9. The Labute approximate surface area is 209 Å². The summed E-state index contributed by atoms with van der Waals surface area (Å²) in [5.74, 6) is 1.14. The summed E-state index contributed by atoms with van der Waals surface area (Å²) in [5.41, 5.74) is 6.12. The number of pyridine rings is 1. The lowest BCUT2D eigenvalue weighted by Gasteiger charge is -2.20. The van der Waals surface area contributed by atoms with Gasteiger partial charge in [0.15, 0.2) is 5.65 Å². The number of hydrogen-bond donors (Lipinski definition) is 1. The highest BCUT2D eigenvalue weighted by molar-refractivity contribution is 5.90. The van der Waals surface area contributed by atoms with Crippen molar-refractivity contribution in [2.75, 3.05) is 39.0 Å². The SMILES string of the molecule is CCc1nc2c(C)cc(C)nc2n1Cc1ccc(NC(=O)CCCCN2CCC(N(C)C)C2)cc1. The minimum Gasteiger partial charge on any atom is -0.326 e. The largest absolute Gasteiger partial charge is 0.326 e. The van der Waals surface area contributed by atoms with Crippen LogP contribution < -0.4 is 5.32 Å². The Kier molecular flexibility index (Phi) is 8.19. The van der Waals surface area contributed by atoms with Crippen LogP contribution in [0.3, 0.4) is 0 Å². The number of nitrogens with zero attached hydrogens (tertiary/aromatic N) is 5. The zero-order valence-electron chi connectivity index (χ0n) is 22.0. The Bertz CT molecular complexity index is 1150. The number of benzene rings is 1. The average molecular weight is 477 g/mol. The van der Waals surface area contributed by atoms with E-state index in [1.165, 1.54) is 18.5 Å². The van der Waals surface area contributed by atoms with E-state index >= 15 is 0 Å². The first-order chi connectivity index (χ1) is 16.8. The number of amides is 1. The maximum atomic E-state index is 12.4. The molecule has 1 fully saturated rings. The van der Waals surface area contributed by atoms with Crippen molar-refractivity contribution in [2.45, 2.75) is 65.5 Å². The molecule has 2 aromatic heterocycles. The number of hydrogen-bond acceptors (Lipinski definition) is 5. The van der Waals surface area contributed by atoms with Crippen molar-refractivity contribution in [1.29, 1.82) is 0 Å². The van der Waals surface area contributed by atoms with E-state index < -0.39 is 0 Å². The fourth-order valence-corrected chi connectivity index (χ4v) is 5.04. The van der Waals surface area contributed by atoms with Crippen LogP contribution in [0.4, 0.5) is 5.69 Å². The molecular weight excluding hydrogens is 436 g/mol. The molecule has 0 aliphatic carbocycles. The van der Waals surface area contributed by atoms with Gasteiger partial charge in [-0.05, 0) is 89.6 Å². The molecule has 1 saturated heterocycles. The molecule has 1 atom stereocenters. The van der Waals surface area contributed by atoms with Crippen LogP contribution in [0.15, 0.2) is 30.3 Å². The molecular formula is C28H40N6O. The van der Waals surface area contributed by atoms with Crippen LogP contribution in [0.1, 0.15) is 55.3 Å². The first kappa shape index (κ1) is 25.3. The summed E-state index contributed by atoms with van der Waals surface area (Å²) in [6, 6.07) is 10.9. The van der Waals surface area contributed by atoms with E-state index in [0.717, 1.165) is 72.8 Å². The van der Waals surface area contributed by atoms with Crippen LogP contribution >= 0.6 is 0 Å². The molecule has 0 spiro atoms. The first-order valence-corrected chi connectivity index (χ1v) is 12.9. The van der Waals surface area contributed by atoms with E-state index in [0.29, 0.717) is 12.5 Å². The molecule has 3 aromatic rings. The van der Waals surface area contributed by atoms with Crippen LogP contribution in [0.5, 0.6) is 0 Å². The summed E-state index contributed by atoms with van der Waals surface area (Å²) in [7, 11) is 4.32. The van der Waals surface area contributed by atoms with E-state index in [1.807, 2.05) is 19.1 Å². The van der Waals surface area contributed by atoms with Crippen LogP contribution in [-0.4, -0.2) is 70.0 Å². The van der Waals surface area contributed by atoms with Gasteiger partial charge in [0.1, 0.15) is 11.3 Å². The quantitative estimate of drug-likeness (QED) is 0.439. The van der Waals surface area contributed by atoms with Crippen LogP contribution in [-0.2, 0) is 17.8 Å². The summed E-state index contributed by atoms with van der Waals surface area (Å²) in [4.78, 5) is 26.9. The van der Waals surface area contributed by atoms with Gasteiger partial charge in [-0.2, -0.15) is 0 Å². The second-order valence-electron chi connectivity index (χ2n) is 10.1. The molecule has 0 saturated carbocycles. The smallest absolute Gasteiger partial charge is 0.224 e. The van der Waals surface area contributed by atoms with Crippen molar-refractivity contribution in [3.05, 3.63) is 53.0 Å². The fraction of sp³-hybridized carbons (Fsp3) is 0.536. The van der Waals surface area contributed by atoms with Gasteiger partial charge in [0.05, 0.1) is 6.54 Å². The van der Waals surface area contributed by atoms with Gasteiger partial charge in [0.25, 0.3) is 0 Å². The molecule has 1 amide bonds. The van der Waals surface area contributed by atoms with E-state index in [9.17, 15) is 4.79 Å². The molecule has 1 N–H and O–H groups in total. The predicted octanol–water partition coefficient (Wildman–Crippen LogP) is 4.40. The third-order valence-corrected chi connectivity index (χ3v) is 7.10. The average Bonchev–Trinajstić information content (AvgIpc) is 3.43. The standard InChI is InChI=1S/C28H40N6O/c1-6-25-31-27-20(2)17-21(3)29-28(27)34(25)18-22-10-12-23(13-11-22)30-26(35)9-7-8-15-33-16-14-24(19-33)32(4)5/h10-13,17,24H,6-9,14-16,18-19H2,1-5H3,(H,30,35). The van der Waals surface area contributed by atoms with Crippen molar-refractivity contribution < 1.29 is 4.79 Å². The number of aryl methyl sites for hydroxylation is 3. The Morgan fingerprint density at radius 2 is 1.91 bits per heavy atom. The molecule has 1 aliphatic heterocycles. The van der Waals surface area contributed by atoms with Gasteiger partial charge in [-0.3, -0.25) is 4.79 Å². The molecule has 7 heteroatoms. The number of imidazole rings is 1. The fourth-order valence-electron chi connectivity index (χ4n) is 5.04. The van der Waals surface area contributed by atoms with E-state index in [-0.39, 0.29) is 5.91 Å². The number of carbonyl (C=O) groups excluding carboxylic acids is 1. The lowest BCUT2D eigenvalue weighted by atomic mass is 10.2. The molecule has 1 aliphatic rings. The lowest BCUT2D eigenvalue weighted by Crippen LogP contribution is -2.31. The molecule has 1 aromatic carbocycles. The van der Waals surface area contributed by atoms with Gasteiger partial charge in [-0.1, -0.05) is 19.1 Å². The highest BCUT2D eigenvalue weighted by atomic mass is 16.1. The first-order valence-electron chi connectivity index (χ1n) is 12.9. The van der Waals surface area contributed by atoms with Crippen LogP contribution in [0.2, 0.25) is 0 Å². The maximum absolute atomic E-state index is 12.4. The summed E-state index contributed by atoms with van der Waals surface area (Å²) in [5, 5.41) is 3.05. The number of nitrogens with one attached hydrogen (secondary N) is 1. The predicted molar refractivity (Wildman–Crippen MR) is 143 cm³/mol. The molecule has 0 radical (unpaired) electrons. The van der Waals surface area contributed by atoms with E-state index in [4.69, 9.17) is 9.97 Å². The maximum Gasteiger partial charge on any atom is 0.224 e. The number of anilines is 1. The Morgan fingerprint density at radius 1 is 1.14 bits per heavy atom. The van der Waals surface area contributed by atoms with Crippen molar-refractivity contribution >= 4 is 22.8 Å². The van der Waals surface area contributed by atoms with Gasteiger partial charge in [0.2, 0.25) is 5.91 Å². The van der Waals surface area contributed by atoms with Gasteiger partial charge in [-0.15, -0.1) is 0 Å².